The van der Waals surface area contributed by atoms with Gasteiger partial charge in [-0.2, -0.15) is 4.37 Å². The van der Waals surface area contributed by atoms with Crippen LogP contribution in [-0.4, -0.2) is 20.6 Å². The molecule has 0 aliphatic carbocycles. The van der Waals surface area contributed by atoms with Gasteiger partial charge in [0.25, 0.3) is 0 Å². The number of nitrogens with one attached hydrogen (secondary N) is 2. The molecule has 4 N–H and O–H groups in total. The number of H-pyrrole nitrogens is 1. The molecule has 0 bridgehead atoms. The molecular formula is C8H11N5S2. The van der Waals surface area contributed by atoms with Gasteiger partial charge in [-0.25, -0.2) is 4.98 Å². The van der Waals surface area contributed by atoms with Crippen molar-refractivity contribution in [3.8, 4) is 0 Å². The maximum atomic E-state index is 5.72. The monoisotopic (exact) mass is 241 g/mol. The highest BCUT2D eigenvalue weighted by atomic mass is 32.2. The zero-order chi connectivity index (χ0) is 10.7. The molecule has 80 valence electrons. The zero-order valence-corrected chi connectivity index (χ0v) is 9.78. The van der Waals surface area contributed by atoms with Crippen molar-refractivity contribution < 1.29 is 0 Å². The van der Waals surface area contributed by atoms with Crippen LogP contribution in [0.2, 0.25) is 0 Å². The van der Waals surface area contributed by atoms with E-state index in [1.807, 2.05) is 6.26 Å². The Hall–Kier alpha value is -1.21. The molecule has 0 saturated carbocycles. The maximum Gasteiger partial charge on any atom is 0.153 e. The van der Waals surface area contributed by atoms with E-state index in [4.69, 9.17) is 5.73 Å². The van der Waals surface area contributed by atoms with E-state index in [1.165, 1.54) is 11.5 Å². The Bertz CT molecular complexity index is 422. The highest BCUT2D eigenvalue weighted by Gasteiger charge is 2.09. The van der Waals surface area contributed by atoms with Crippen molar-refractivity contribution in [3.63, 3.8) is 0 Å². The lowest BCUT2D eigenvalue weighted by Crippen LogP contribution is -1.98. The SMILES string of the molecule is CSc1c(N)nsc1NCc1cnc[nH]1. The van der Waals surface area contributed by atoms with Crippen LogP contribution in [-0.2, 0) is 6.54 Å². The Labute approximate surface area is 95.7 Å². The number of imidazole rings is 1. The molecule has 0 saturated heterocycles. The van der Waals surface area contributed by atoms with Crippen LogP contribution < -0.4 is 11.1 Å². The number of nitrogens with zero attached hydrogens (tertiary/aromatic N) is 2. The molecule has 2 aromatic heterocycles. The minimum absolute atomic E-state index is 0.597. The minimum atomic E-state index is 0.597. The van der Waals surface area contributed by atoms with Crippen LogP contribution in [0.4, 0.5) is 10.8 Å². The average Bonchev–Trinajstić information content (AvgIpc) is 2.84. The topological polar surface area (TPSA) is 79.6 Å². The number of thioether (sulfide) groups is 1. The third-order valence-electron chi connectivity index (χ3n) is 1.87. The lowest BCUT2D eigenvalue weighted by molar-refractivity contribution is 1.07. The fourth-order valence-corrected chi connectivity index (χ4v) is 2.70. The van der Waals surface area contributed by atoms with Crippen LogP contribution in [0.3, 0.4) is 0 Å². The predicted octanol–water partition coefficient (Wildman–Crippen LogP) is 1.78. The molecule has 0 aliphatic heterocycles. The number of anilines is 2. The van der Waals surface area contributed by atoms with Crippen LogP contribution in [0, 0.1) is 0 Å². The molecule has 15 heavy (non-hydrogen) atoms. The van der Waals surface area contributed by atoms with Crippen molar-refractivity contribution in [2.24, 2.45) is 0 Å². The first-order valence-corrected chi connectivity index (χ1v) is 6.31. The first-order valence-electron chi connectivity index (χ1n) is 4.31. The number of aromatic amines is 1. The van der Waals surface area contributed by atoms with Gasteiger partial charge in [0.05, 0.1) is 23.5 Å². The fourth-order valence-electron chi connectivity index (χ4n) is 1.16. The molecule has 2 rings (SSSR count). The van der Waals surface area contributed by atoms with E-state index in [1.54, 1.807) is 24.3 Å². The van der Waals surface area contributed by atoms with E-state index in [0.29, 0.717) is 12.4 Å². The summed E-state index contributed by atoms with van der Waals surface area (Å²) >= 11 is 2.98. The number of rotatable bonds is 4. The van der Waals surface area contributed by atoms with E-state index in [9.17, 15) is 0 Å². The number of hydrogen-bond acceptors (Lipinski definition) is 6. The lowest BCUT2D eigenvalue weighted by atomic mass is 10.4. The van der Waals surface area contributed by atoms with Crippen LogP contribution >= 0.6 is 23.3 Å². The third kappa shape index (κ3) is 2.24. The van der Waals surface area contributed by atoms with Crippen molar-refractivity contribution >= 4 is 34.1 Å². The maximum absolute atomic E-state index is 5.72. The molecule has 0 radical (unpaired) electrons. The van der Waals surface area contributed by atoms with E-state index >= 15 is 0 Å². The van der Waals surface area contributed by atoms with Gasteiger partial charge >= 0.3 is 0 Å². The highest BCUT2D eigenvalue weighted by molar-refractivity contribution is 7.99. The van der Waals surface area contributed by atoms with Gasteiger partial charge in [0.15, 0.2) is 5.82 Å². The lowest BCUT2D eigenvalue weighted by Gasteiger charge is -2.03. The summed E-state index contributed by atoms with van der Waals surface area (Å²) in [5, 5.41) is 4.28. The molecule has 0 aromatic carbocycles. The largest absolute Gasteiger partial charge is 0.382 e. The summed E-state index contributed by atoms with van der Waals surface area (Å²) < 4.78 is 4.10. The van der Waals surface area contributed by atoms with E-state index in [0.717, 1.165) is 15.6 Å². The minimum Gasteiger partial charge on any atom is -0.382 e. The molecule has 0 fully saturated rings. The first-order chi connectivity index (χ1) is 7.31. The summed E-state index contributed by atoms with van der Waals surface area (Å²) in [7, 11) is 0. The summed E-state index contributed by atoms with van der Waals surface area (Å²) in [6, 6.07) is 0. The van der Waals surface area contributed by atoms with Crippen LogP contribution in [0.5, 0.6) is 0 Å². The Kier molecular flexibility index (Phi) is 3.12. The molecule has 2 heterocycles. The number of hydrogen-bond donors (Lipinski definition) is 3. The Balaban J connectivity index is 2.05. The first kappa shape index (κ1) is 10.3. The molecule has 2 aromatic rings. The second-order valence-electron chi connectivity index (χ2n) is 2.86. The third-order valence-corrected chi connectivity index (χ3v) is 3.64. The summed E-state index contributed by atoms with van der Waals surface area (Å²) in [5.41, 5.74) is 6.76. The van der Waals surface area contributed by atoms with E-state index < -0.39 is 0 Å². The second-order valence-corrected chi connectivity index (χ2v) is 4.45. The number of aromatic nitrogens is 3. The molecule has 0 spiro atoms. The van der Waals surface area contributed by atoms with Crippen LogP contribution in [0.25, 0.3) is 0 Å². The van der Waals surface area contributed by atoms with Gasteiger partial charge in [-0.1, -0.05) is 0 Å². The Morgan fingerprint density at radius 3 is 3.20 bits per heavy atom. The average molecular weight is 241 g/mol. The number of nitrogen functional groups attached to an aromatic ring is 1. The van der Waals surface area contributed by atoms with Gasteiger partial charge in [-0.15, -0.1) is 11.8 Å². The fraction of sp³-hybridized carbons (Fsp3) is 0.250. The molecule has 0 amide bonds. The van der Waals surface area contributed by atoms with Crippen molar-refractivity contribution in [3.05, 3.63) is 18.2 Å². The molecule has 5 nitrogen and oxygen atoms in total. The van der Waals surface area contributed by atoms with Gasteiger partial charge in [-0.05, 0) is 17.8 Å². The highest BCUT2D eigenvalue weighted by Crippen LogP contribution is 2.34. The van der Waals surface area contributed by atoms with Crippen molar-refractivity contribution in [1.82, 2.24) is 14.3 Å². The summed E-state index contributed by atoms with van der Waals surface area (Å²) in [4.78, 5) is 7.98. The van der Waals surface area contributed by atoms with Crippen LogP contribution in [0.15, 0.2) is 17.4 Å². The summed E-state index contributed by atoms with van der Waals surface area (Å²) in [6.07, 6.45) is 5.44. The molecule has 0 atom stereocenters. The Morgan fingerprint density at radius 1 is 1.67 bits per heavy atom. The zero-order valence-electron chi connectivity index (χ0n) is 8.15. The van der Waals surface area contributed by atoms with Gasteiger partial charge < -0.3 is 16.0 Å². The quantitative estimate of drug-likeness (QED) is 0.711. The van der Waals surface area contributed by atoms with Gasteiger partial charge in [0.2, 0.25) is 0 Å². The van der Waals surface area contributed by atoms with Gasteiger partial charge in [0, 0.05) is 6.20 Å². The van der Waals surface area contributed by atoms with Gasteiger partial charge in [-0.3, -0.25) is 0 Å². The van der Waals surface area contributed by atoms with Crippen molar-refractivity contribution in [2.75, 3.05) is 17.3 Å². The molecule has 7 heteroatoms. The normalized spacial score (nSPS) is 10.5. The smallest absolute Gasteiger partial charge is 0.153 e. The molecule has 0 unspecified atom stereocenters. The standard InChI is InChI=1S/C8H11N5S2/c1-14-6-7(9)13-15-8(6)11-3-5-2-10-4-12-5/h2,4,11H,3H2,1H3,(H2,9,13)(H,10,12). The van der Waals surface area contributed by atoms with E-state index in [-0.39, 0.29) is 0 Å². The molecular weight excluding hydrogens is 230 g/mol. The Morgan fingerprint density at radius 2 is 2.53 bits per heavy atom. The van der Waals surface area contributed by atoms with Crippen molar-refractivity contribution in [2.45, 2.75) is 11.4 Å². The predicted molar refractivity (Wildman–Crippen MR) is 64.2 cm³/mol. The van der Waals surface area contributed by atoms with Crippen molar-refractivity contribution in [1.29, 1.82) is 0 Å². The number of nitrogens with two attached hydrogens (primary N) is 1. The summed E-state index contributed by atoms with van der Waals surface area (Å²) in [5.74, 6) is 0.597. The summed E-state index contributed by atoms with van der Waals surface area (Å²) in [6.45, 7) is 0.704. The van der Waals surface area contributed by atoms with Gasteiger partial charge in [0.1, 0.15) is 5.00 Å². The van der Waals surface area contributed by atoms with Crippen LogP contribution in [0.1, 0.15) is 5.69 Å². The second kappa shape index (κ2) is 4.54. The molecule has 0 aliphatic rings. The van der Waals surface area contributed by atoms with E-state index in [2.05, 4.69) is 19.7 Å².